The zero-order valence-electron chi connectivity index (χ0n) is 16.9. The summed E-state index contributed by atoms with van der Waals surface area (Å²) in [5.74, 6) is 0. The van der Waals surface area contributed by atoms with E-state index in [0.717, 1.165) is 5.56 Å². The van der Waals surface area contributed by atoms with Crippen molar-refractivity contribution < 1.29 is 26.8 Å². The summed E-state index contributed by atoms with van der Waals surface area (Å²) in [5.41, 5.74) is -0.871. The maximum Gasteiger partial charge on any atom is 0.430 e. The molecule has 0 spiro atoms. The van der Waals surface area contributed by atoms with Gasteiger partial charge in [-0.15, -0.1) is 0 Å². The van der Waals surface area contributed by atoms with Crippen LogP contribution in [0, 0.1) is 6.92 Å². The molecule has 0 saturated heterocycles. The van der Waals surface area contributed by atoms with E-state index >= 15 is 0 Å². The first-order chi connectivity index (χ1) is 14.2. The first-order valence-corrected chi connectivity index (χ1v) is 11.3. The topological polar surface area (TPSA) is 59.9 Å². The van der Waals surface area contributed by atoms with E-state index in [1.165, 1.54) is 6.07 Å². The molecule has 0 aliphatic carbocycles. The molecule has 0 amide bonds. The summed E-state index contributed by atoms with van der Waals surface area (Å²) in [6.07, 6.45) is -4.84. The van der Waals surface area contributed by atoms with Crippen LogP contribution in [-0.4, -0.2) is 30.8 Å². The number of hydrogen-bond acceptors (Lipinski definition) is 5. The number of para-hydroxylation sites is 2. The predicted octanol–water partition coefficient (Wildman–Crippen LogP) is 6.43. The molecular weight excluding hydrogens is 416 g/mol. The molecule has 9 heteroatoms. The van der Waals surface area contributed by atoms with E-state index in [0.29, 0.717) is 11.3 Å². The molecule has 2 atom stereocenters. The van der Waals surface area contributed by atoms with Gasteiger partial charge >= 0.3 is 13.8 Å². The Balaban J connectivity index is 2.29. The standard InChI is InChI=1S/C21H24F3N2O3P/c1-4-28-30(27,29-5-2)19-18(15-12-10-14(3)11-13-15)25-16-8-6-7-9-17(16)26-20(19)21(22,23)24/h6-13,18-19,25H,4-5H2,1-3H3/t18-,19+/m1/s1. The largest absolute Gasteiger partial charge is 0.430 e. The number of fused-ring (bicyclic) bond motifs is 1. The highest BCUT2D eigenvalue weighted by atomic mass is 31.2. The Morgan fingerprint density at radius 2 is 1.63 bits per heavy atom. The Bertz CT molecular complexity index is 951. The summed E-state index contributed by atoms with van der Waals surface area (Å²) in [5, 5.41) is 3.12. The fourth-order valence-electron chi connectivity index (χ4n) is 3.45. The van der Waals surface area contributed by atoms with Gasteiger partial charge in [0.15, 0.2) is 0 Å². The molecule has 2 aromatic carbocycles. The van der Waals surface area contributed by atoms with Crippen molar-refractivity contribution >= 4 is 24.7 Å². The number of rotatable bonds is 6. The first kappa shape index (κ1) is 22.5. The smallest absolute Gasteiger partial charge is 0.375 e. The Labute approximate surface area is 173 Å². The third kappa shape index (κ3) is 4.61. The molecule has 0 saturated carbocycles. The van der Waals surface area contributed by atoms with Gasteiger partial charge in [0.1, 0.15) is 11.4 Å². The van der Waals surface area contributed by atoms with Gasteiger partial charge < -0.3 is 14.4 Å². The van der Waals surface area contributed by atoms with Gasteiger partial charge in [-0.25, -0.2) is 4.99 Å². The molecule has 0 radical (unpaired) electrons. The summed E-state index contributed by atoms with van der Waals surface area (Å²) in [6, 6.07) is 12.4. The molecule has 1 N–H and O–H groups in total. The van der Waals surface area contributed by atoms with Gasteiger partial charge in [-0.05, 0) is 38.5 Å². The first-order valence-electron chi connectivity index (χ1n) is 9.66. The number of nitrogens with one attached hydrogen (secondary N) is 1. The molecule has 0 unspecified atom stereocenters. The summed E-state index contributed by atoms with van der Waals surface area (Å²) < 4.78 is 67.2. The highest BCUT2D eigenvalue weighted by Gasteiger charge is 2.55. The van der Waals surface area contributed by atoms with Crippen LogP contribution in [0.25, 0.3) is 0 Å². The number of benzene rings is 2. The molecule has 3 rings (SSSR count). The highest BCUT2D eigenvalue weighted by Crippen LogP contribution is 2.60. The number of aliphatic imine (C=N–C) groups is 1. The van der Waals surface area contributed by atoms with Crippen LogP contribution in [0.5, 0.6) is 0 Å². The molecule has 2 aromatic rings. The molecular formula is C21H24F3N2O3P. The number of halogens is 3. The van der Waals surface area contributed by atoms with Crippen LogP contribution >= 0.6 is 7.60 Å². The monoisotopic (exact) mass is 440 g/mol. The van der Waals surface area contributed by atoms with Crippen LogP contribution in [0.4, 0.5) is 24.5 Å². The molecule has 1 aliphatic heterocycles. The average molecular weight is 440 g/mol. The van der Waals surface area contributed by atoms with Crippen LogP contribution in [-0.2, 0) is 13.6 Å². The van der Waals surface area contributed by atoms with Gasteiger partial charge in [-0.1, -0.05) is 42.0 Å². The van der Waals surface area contributed by atoms with Crippen molar-refractivity contribution in [1.29, 1.82) is 0 Å². The van der Waals surface area contributed by atoms with E-state index in [9.17, 15) is 17.7 Å². The SMILES string of the molecule is CCOP(=O)(OCC)[C@@H]1C(C(F)(F)F)=Nc2ccccc2N[C@@H]1c1ccc(C)cc1. The van der Waals surface area contributed by atoms with Crippen LogP contribution in [0.1, 0.15) is 31.0 Å². The summed E-state index contributed by atoms with van der Waals surface area (Å²) in [4.78, 5) is 3.91. The second-order valence-electron chi connectivity index (χ2n) is 6.86. The van der Waals surface area contributed by atoms with Gasteiger partial charge in [0.25, 0.3) is 0 Å². The van der Waals surface area contributed by atoms with Crippen LogP contribution in [0.15, 0.2) is 53.5 Å². The number of nitrogens with zero attached hydrogens (tertiary/aromatic N) is 1. The molecule has 5 nitrogen and oxygen atoms in total. The van der Waals surface area contributed by atoms with Crippen LogP contribution in [0.3, 0.4) is 0 Å². The van der Waals surface area contributed by atoms with Gasteiger partial charge in [0.05, 0.1) is 30.6 Å². The molecule has 162 valence electrons. The Morgan fingerprint density at radius 3 is 2.20 bits per heavy atom. The molecule has 1 heterocycles. The molecule has 30 heavy (non-hydrogen) atoms. The lowest BCUT2D eigenvalue weighted by molar-refractivity contribution is -0.0608. The zero-order chi connectivity index (χ0) is 21.9. The van der Waals surface area contributed by atoms with Gasteiger partial charge in [-0.3, -0.25) is 4.57 Å². The Morgan fingerprint density at radius 1 is 1.03 bits per heavy atom. The minimum Gasteiger partial charge on any atom is -0.375 e. The summed E-state index contributed by atoms with van der Waals surface area (Å²) in [6.45, 7) is 4.88. The number of anilines is 1. The van der Waals surface area contributed by atoms with E-state index in [4.69, 9.17) is 9.05 Å². The van der Waals surface area contributed by atoms with Crippen LogP contribution < -0.4 is 5.32 Å². The molecule has 0 bridgehead atoms. The van der Waals surface area contributed by atoms with Crippen molar-refractivity contribution in [3.05, 3.63) is 59.7 Å². The van der Waals surface area contributed by atoms with Crippen molar-refractivity contribution in [3.63, 3.8) is 0 Å². The lowest BCUT2D eigenvalue weighted by Crippen LogP contribution is -2.41. The predicted molar refractivity (Wildman–Crippen MR) is 112 cm³/mol. The number of hydrogen-bond donors (Lipinski definition) is 1. The van der Waals surface area contributed by atoms with Crippen molar-refractivity contribution in [2.24, 2.45) is 4.99 Å². The van der Waals surface area contributed by atoms with Gasteiger partial charge in [-0.2, -0.15) is 13.2 Å². The average Bonchev–Trinajstić information content (AvgIpc) is 2.86. The third-order valence-electron chi connectivity index (χ3n) is 4.74. The molecule has 0 fully saturated rings. The number of aryl methyl sites for hydroxylation is 1. The van der Waals surface area contributed by atoms with Crippen molar-refractivity contribution in [3.8, 4) is 0 Å². The fourth-order valence-corrected chi connectivity index (χ4v) is 5.69. The van der Waals surface area contributed by atoms with E-state index in [1.807, 2.05) is 6.92 Å². The molecule has 0 aromatic heterocycles. The second-order valence-corrected chi connectivity index (χ2v) is 9.02. The van der Waals surface area contributed by atoms with Crippen molar-refractivity contribution in [2.45, 2.75) is 38.6 Å². The minimum atomic E-state index is -4.84. The zero-order valence-corrected chi connectivity index (χ0v) is 17.8. The third-order valence-corrected chi connectivity index (χ3v) is 7.20. The van der Waals surface area contributed by atoms with Gasteiger partial charge in [0, 0.05) is 0 Å². The normalized spacial score (nSPS) is 19.5. The quantitative estimate of drug-likeness (QED) is 0.526. The summed E-state index contributed by atoms with van der Waals surface area (Å²) >= 11 is 0. The Kier molecular flexibility index (Phi) is 6.70. The van der Waals surface area contributed by atoms with Gasteiger partial charge in [0.2, 0.25) is 0 Å². The number of alkyl halides is 3. The lowest BCUT2D eigenvalue weighted by Gasteiger charge is -2.33. The fraction of sp³-hybridized carbons (Fsp3) is 0.381. The minimum absolute atomic E-state index is 0.0630. The molecule has 1 aliphatic rings. The second kappa shape index (κ2) is 8.92. The van der Waals surface area contributed by atoms with E-state index < -0.39 is 31.2 Å². The van der Waals surface area contributed by atoms with Crippen LogP contribution in [0.2, 0.25) is 0 Å². The van der Waals surface area contributed by atoms with E-state index in [2.05, 4.69) is 10.3 Å². The Hall–Kier alpha value is -2.15. The maximum atomic E-state index is 14.2. The lowest BCUT2D eigenvalue weighted by atomic mass is 9.99. The van der Waals surface area contributed by atoms with Crippen molar-refractivity contribution in [2.75, 3.05) is 18.5 Å². The highest BCUT2D eigenvalue weighted by molar-refractivity contribution is 7.56. The van der Waals surface area contributed by atoms with Crippen molar-refractivity contribution in [1.82, 2.24) is 0 Å². The van der Waals surface area contributed by atoms with E-state index in [-0.39, 0.29) is 18.9 Å². The van der Waals surface area contributed by atoms with E-state index in [1.54, 1.807) is 56.3 Å². The summed E-state index contributed by atoms with van der Waals surface area (Å²) in [7, 11) is -4.25. The maximum absolute atomic E-state index is 14.2.